The highest BCUT2D eigenvalue weighted by Gasteiger charge is 2.55. The van der Waals surface area contributed by atoms with Gasteiger partial charge in [-0.1, -0.05) is 19.1 Å². The van der Waals surface area contributed by atoms with E-state index in [1.54, 1.807) is 6.92 Å². The Kier molecular flexibility index (Phi) is 6.52. The average molecular weight is 474 g/mol. The van der Waals surface area contributed by atoms with Crippen molar-refractivity contribution in [3.8, 4) is 0 Å². The summed E-state index contributed by atoms with van der Waals surface area (Å²) in [5.74, 6) is -4.51. The van der Waals surface area contributed by atoms with Gasteiger partial charge in [-0.05, 0) is 48.7 Å². The highest BCUT2D eigenvalue weighted by atomic mass is 32.2. The van der Waals surface area contributed by atoms with E-state index >= 15 is 0 Å². The molecule has 0 saturated heterocycles. The van der Waals surface area contributed by atoms with Crippen LogP contribution in [0.15, 0.2) is 36.4 Å². The second kappa shape index (κ2) is 8.70. The quantitative estimate of drug-likeness (QED) is 0.357. The van der Waals surface area contributed by atoms with Crippen LogP contribution in [0.4, 0.5) is 22.0 Å². The fourth-order valence-corrected chi connectivity index (χ4v) is 3.80. The van der Waals surface area contributed by atoms with Gasteiger partial charge in [0.15, 0.2) is 0 Å². The van der Waals surface area contributed by atoms with Crippen molar-refractivity contribution in [2.24, 2.45) is 11.1 Å². The Bertz CT molecular complexity index is 1020. The summed E-state index contributed by atoms with van der Waals surface area (Å²) < 4.78 is 71.1. The number of nitrogens with two attached hydrogens (primary N) is 1. The minimum atomic E-state index is -4.45. The van der Waals surface area contributed by atoms with E-state index in [4.69, 9.17) is 5.14 Å². The van der Waals surface area contributed by atoms with Crippen LogP contribution in [0.2, 0.25) is 0 Å². The van der Waals surface area contributed by atoms with Crippen LogP contribution in [0.25, 0.3) is 0 Å². The van der Waals surface area contributed by atoms with Gasteiger partial charge in [0.25, 0.3) is 0 Å². The standard InChI is InChI=1S/C21H19F5N2O3S/c1-10(11-7-15(22)17(16(23)8-11)19(30)31-32-27)28-18(29)14-9-20(14,2)12-3-5-13(6-4-12)21(24,25)26/h3-8,10,14H,9,27H2,1-2H3,(H,28,29)/t10-,14-,20-/m1/s1. The molecule has 11 heteroatoms. The molecular formula is C21H19F5N2O3S. The fraction of sp³-hybridized carbons (Fsp3) is 0.333. The molecule has 0 spiro atoms. The molecule has 0 radical (unpaired) electrons. The number of carbonyl (C=O) groups is 2. The van der Waals surface area contributed by atoms with Crippen LogP contribution in [-0.2, 0) is 20.6 Å². The molecule has 5 nitrogen and oxygen atoms in total. The second-order valence-electron chi connectivity index (χ2n) is 7.81. The first-order chi connectivity index (χ1) is 14.9. The highest BCUT2D eigenvalue weighted by Crippen LogP contribution is 2.54. The maximum atomic E-state index is 14.2. The number of amides is 1. The van der Waals surface area contributed by atoms with Gasteiger partial charge in [0, 0.05) is 11.3 Å². The van der Waals surface area contributed by atoms with E-state index in [1.807, 2.05) is 0 Å². The summed E-state index contributed by atoms with van der Waals surface area (Å²) in [5, 5.41) is 7.61. The van der Waals surface area contributed by atoms with Crippen LogP contribution in [0.3, 0.4) is 0 Å². The molecule has 1 fully saturated rings. The lowest BCUT2D eigenvalue weighted by molar-refractivity contribution is -0.137. The van der Waals surface area contributed by atoms with Gasteiger partial charge in [-0.3, -0.25) is 4.79 Å². The Labute approximate surface area is 184 Å². The Hall–Kier alpha value is -2.66. The van der Waals surface area contributed by atoms with Crippen molar-refractivity contribution >= 4 is 24.1 Å². The third kappa shape index (κ3) is 4.73. The predicted octanol–water partition coefficient (Wildman–Crippen LogP) is 4.82. The van der Waals surface area contributed by atoms with Crippen molar-refractivity contribution in [3.05, 3.63) is 70.3 Å². The van der Waals surface area contributed by atoms with Gasteiger partial charge in [0.2, 0.25) is 5.91 Å². The average Bonchev–Trinajstić information content (AvgIpc) is 3.40. The third-order valence-corrected chi connectivity index (χ3v) is 5.92. The molecule has 0 heterocycles. The highest BCUT2D eigenvalue weighted by molar-refractivity contribution is 7.92. The SMILES string of the molecule is C[C@@H](NC(=O)[C@H]1C[C@]1(C)c1ccc(C(F)(F)F)cc1)c1cc(F)c(C(=O)OSN)c(F)c1. The molecular weight excluding hydrogens is 455 g/mol. The van der Waals surface area contributed by atoms with Crippen LogP contribution in [0.1, 0.15) is 53.4 Å². The molecule has 0 aromatic heterocycles. The van der Waals surface area contributed by atoms with Gasteiger partial charge in [-0.25, -0.2) is 18.7 Å². The Morgan fingerprint density at radius 2 is 1.75 bits per heavy atom. The zero-order chi connectivity index (χ0) is 23.8. The van der Waals surface area contributed by atoms with E-state index < -0.39 is 58.2 Å². The molecule has 0 aliphatic heterocycles. The molecule has 0 unspecified atom stereocenters. The molecule has 32 heavy (non-hydrogen) atoms. The number of alkyl halides is 3. The zero-order valence-electron chi connectivity index (χ0n) is 16.9. The minimum Gasteiger partial charge on any atom is -0.371 e. The van der Waals surface area contributed by atoms with E-state index in [2.05, 4.69) is 9.50 Å². The monoisotopic (exact) mass is 474 g/mol. The summed E-state index contributed by atoms with van der Waals surface area (Å²) in [6.07, 6.45) is -4.03. The van der Waals surface area contributed by atoms with Crippen LogP contribution < -0.4 is 10.5 Å². The van der Waals surface area contributed by atoms with Crippen molar-refractivity contribution in [3.63, 3.8) is 0 Å². The van der Waals surface area contributed by atoms with Gasteiger partial charge < -0.3 is 9.50 Å². The Morgan fingerprint density at radius 3 is 2.25 bits per heavy atom. The van der Waals surface area contributed by atoms with E-state index in [1.165, 1.54) is 19.1 Å². The fourth-order valence-electron chi connectivity index (χ4n) is 3.63. The third-order valence-electron chi connectivity index (χ3n) is 5.68. The smallest absolute Gasteiger partial charge is 0.371 e. The van der Waals surface area contributed by atoms with Gasteiger partial charge in [-0.2, -0.15) is 13.2 Å². The van der Waals surface area contributed by atoms with Crippen molar-refractivity contribution in [2.75, 3.05) is 0 Å². The van der Waals surface area contributed by atoms with E-state index in [0.717, 1.165) is 24.3 Å². The summed E-state index contributed by atoms with van der Waals surface area (Å²) in [7, 11) is 0. The number of hydrogen-bond acceptors (Lipinski definition) is 5. The molecule has 2 aromatic carbocycles. The number of halogens is 5. The Balaban J connectivity index is 1.70. The molecule has 2 aromatic rings. The van der Waals surface area contributed by atoms with Crippen molar-refractivity contribution in [2.45, 2.75) is 37.9 Å². The van der Waals surface area contributed by atoms with Crippen molar-refractivity contribution in [1.82, 2.24) is 5.32 Å². The summed E-state index contributed by atoms with van der Waals surface area (Å²) in [6, 6.07) is 5.67. The molecule has 1 saturated carbocycles. The van der Waals surface area contributed by atoms with Crippen LogP contribution >= 0.6 is 12.2 Å². The lowest BCUT2D eigenvalue weighted by Gasteiger charge is -2.18. The second-order valence-corrected chi connectivity index (χ2v) is 8.17. The van der Waals surface area contributed by atoms with Gasteiger partial charge in [-0.15, -0.1) is 0 Å². The van der Waals surface area contributed by atoms with Crippen molar-refractivity contribution in [1.29, 1.82) is 0 Å². The number of nitrogens with one attached hydrogen (secondary N) is 1. The van der Waals surface area contributed by atoms with Crippen molar-refractivity contribution < 1.29 is 35.7 Å². The molecule has 3 N–H and O–H groups in total. The summed E-state index contributed by atoms with van der Waals surface area (Å²) in [5.41, 5.74) is -1.64. The van der Waals surface area contributed by atoms with Crippen LogP contribution in [0, 0.1) is 17.6 Å². The number of rotatable bonds is 6. The normalized spacial score (nSPS) is 21.1. The molecule has 3 rings (SSSR count). The summed E-state index contributed by atoms with van der Waals surface area (Å²) >= 11 is 0.155. The number of hydrogen-bond donors (Lipinski definition) is 2. The van der Waals surface area contributed by atoms with E-state index in [9.17, 15) is 31.5 Å². The summed E-state index contributed by atoms with van der Waals surface area (Å²) in [4.78, 5) is 24.3. The molecule has 3 atom stereocenters. The van der Waals surface area contributed by atoms with Gasteiger partial charge >= 0.3 is 12.1 Å². The molecule has 1 aliphatic rings. The van der Waals surface area contributed by atoms with E-state index in [-0.39, 0.29) is 17.8 Å². The predicted molar refractivity (Wildman–Crippen MR) is 107 cm³/mol. The summed E-state index contributed by atoms with van der Waals surface area (Å²) in [6.45, 7) is 3.28. The first kappa shape index (κ1) is 24.0. The molecule has 1 aliphatic carbocycles. The maximum absolute atomic E-state index is 14.2. The topological polar surface area (TPSA) is 81.4 Å². The first-order valence-electron chi connectivity index (χ1n) is 9.43. The van der Waals surface area contributed by atoms with E-state index in [0.29, 0.717) is 12.0 Å². The van der Waals surface area contributed by atoms with Crippen LogP contribution in [-0.4, -0.2) is 11.9 Å². The molecule has 172 valence electrons. The first-order valence-corrected chi connectivity index (χ1v) is 10.2. The van der Waals surface area contributed by atoms with Gasteiger partial charge in [0.05, 0.1) is 11.6 Å². The molecule has 1 amide bonds. The largest absolute Gasteiger partial charge is 0.416 e. The van der Waals surface area contributed by atoms with Gasteiger partial charge in [0.1, 0.15) is 29.4 Å². The maximum Gasteiger partial charge on any atom is 0.416 e. The number of benzene rings is 2. The van der Waals surface area contributed by atoms with Crippen LogP contribution in [0.5, 0.6) is 0 Å². The lowest BCUT2D eigenvalue weighted by Crippen LogP contribution is -2.30. The Morgan fingerprint density at radius 1 is 1.19 bits per heavy atom. The molecule has 0 bridgehead atoms. The zero-order valence-corrected chi connectivity index (χ0v) is 17.7. The lowest BCUT2D eigenvalue weighted by atomic mass is 9.94. The number of carbonyl (C=O) groups excluding carboxylic acids is 2. The minimum absolute atomic E-state index is 0.0854.